The summed E-state index contributed by atoms with van der Waals surface area (Å²) in [5, 5.41) is 2.87. The van der Waals surface area contributed by atoms with E-state index in [0.29, 0.717) is 19.5 Å². The third kappa shape index (κ3) is 4.71. The fraction of sp³-hybridized carbons (Fsp3) is 0.688. The molecule has 0 aliphatic carbocycles. The number of piperidine rings is 1. The SMILES string of the molecule is Cn1ccnc1CNC(=O)C1CCCCN1C(=O)OC(C)(C)C. The number of aryl methyl sites for hydroxylation is 1. The Morgan fingerprint density at radius 3 is 2.74 bits per heavy atom. The van der Waals surface area contributed by atoms with Gasteiger partial charge in [0.15, 0.2) is 0 Å². The highest BCUT2D eigenvalue weighted by molar-refractivity contribution is 5.85. The van der Waals surface area contributed by atoms with Gasteiger partial charge in [-0.25, -0.2) is 9.78 Å². The van der Waals surface area contributed by atoms with E-state index in [9.17, 15) is 9.59 Å². The maximum absolute atomic E-state index is 12.5. The summed E-state index contributed by atoms with van der Waals surface area (Å²) in [4.78, 5) is 30.5. The summed E-state index contributed by atoms with van der Waals surface area (Å²) >= 11 is 0. The van der Waals surface area contributed by atoms with Crippen molar-refractivity contribution in [3.63, 3.8) is 0 Å². The molecule has 1 atom stereocenters. The van der Waals surface area contributed by atoms with Crippen LogP contribution in [0.3, 0.4) is 0 Å². The van der Waals surface area contributed by atoms with Crippen LogP contribution >= 0.6 is 0 Å². The first kappa shape index (κ1) is 17.3. The first-order chi connectivity index (χ1) is 10.8. The highest BCUT2D eigenvalue weighted by atomic mass is 16.6. The molecule has 23 heavy (non-hydrogen) atoms. The molecular formula is C16H26N4O3. The molecule has 0 radical (unpaired) electrons. The molecule has 7 heteroatoms. The van der Waals surface area contributed by atoms with Gasteiger partial charge in [0.1, 0.15) is 17.5 Å². The van der Waals surface area contributed by atoms with Crippen molar-refractivity contribution in [3.8, 4) is 0 Å². The van der Waals surface area contributed by atoms with Crippen molar-refractivity contribution in [1.29, 1.82) is 0 Å². The Labute approximate surface area is 137 Å². The molecule has 0 bridgehead atoms. The van der Waals surface area contributed by atoms with Gasteiger partial charge in [-0.2, -0.15) is 0 Å². The van der Waals surface area contributed by atoms with Gasteiger partial charge in [-0.15, -0.1) is 0 Å². The number of rotatable bonds is 3. The fourth-order valence-corrected chi connectivity index (χ4v) is 2.59. The maximum atomic E-state index is 12.5. The lowest BCUT2D eigenvalue weighted by Gasteiger charge is -2.35. The highest BCUT2D eigenvalue weighted by Crippen LogP contribution is 2.20. The number of aromatic nitrogens is 2. The molecule has 2 amide bonds. The molecule has 1 aromatic heterocycles. The molecule has 128 valence electrons. The van der Waals surface area contributed by atoms with Gasteiger partial charge in [0, 0.05) is 26.0 Å². The van der Waals surface area contributed by atoms with Gasteiger partial charge in [0.2, 0.25) is 5.91 Å². The van der Waals surface area contributed by atoms with E-state index in [4.69, 9.17) is 4.74 Å². The van der Waals surface area contributed by atoms with E-state index in [1.54, 1.807) is 11.1 Å². The van der Waals surface area contributed by atoms with Crippen molar-refractivity contribution in [2.24, 2.45) is 7.05 Å². The minimum absolute atomic E-state index is 0.154. The van der Waals surface area contributed by atoms with Crippen molar-refractivity contribution in [2.75, 3.05) is 6.54 Å². The summed E-state index contributed by atoms with van der Waals surface area (Å²) in [6.07, 6.45) is 5.58. The molecule has 7 nitrogen and oxygen atoms in total. The van der Waals surface area contributed by atoms with Crippen LogP contribution < -0.4 is 5.32 Å². The topological polar surface area (TPSA) is 76.5 Å². The second kappa shape index (κ2) is 7.02. The van der Waals surface area contributed by atoms with E-state index in [2.05, 4.69) is 10.3 Å². The lowest BCUT2D eigenvalue weighted by Crippen LogP contribution is -2.53. The number of imidazole rings is 1. The number of ether oxygens (including phenoxy) is 1. The summed E-state index contributed by atoms with van der Waals surface area (Å²) in [5.74, 6) is 0.622. The van der Waals surface area contributed by atoms with E-state index in [1.807, 2.05) is 38.6 Å². The van der Waals surface area contributed by atoms with E-state index in [0.717, 1.165) is 18.7 Å². The molecule has 1 unspecified atom stereocenters. The molecule has 1 aliphatic heterocycles. The summed E-state index contributed by atoms with van der Waals surface area (Å²) in [6.45, 7) is 6.37. The summed E-state index contributed by atoms with van der Waals surface area (Å²) in [7, 11) is 1.88. The van der Waals surface area contributed by atoms with Gasteiger partial charge in [-0.05, 0) is 40.0 Å². The molecule has 1 aromatic rings. The van der Waals surface area contributed by atoms with Crippen molar-refractivity contribution in [3.05, 3.63) is 18.2 Å². The smallest absolute Gasteiger partial charge is 0.410 e. The average molecular weight is 322 g/mol. The Bertz CT molecular complexity index is 562. The van der Waals surface area contributed by atoms with E-state index in [1.165, 1.54) is 0 Å². The number of hydrogen-bond acceptors (Lipinski definition) is 4. The van der Waals surface area contributed by atoms with E-state index >= 15 is 0 Å². The van der Waals surface area contributed by atoms with Gasteiger partial charge in [0.25, 0.3) is 0 Å². The Morgan fingerprint density at radius 1 is 1.39 bits per heavy atom. The van der Waals surface area contributed by atoms with Gasteiger partial charge < -0.3 is 14.6 Å². The molecule has 1 saturated heterocycles. The highest BCUT2D eigenvalue weighted by Gasteiger charge is 2.34. The number of nitrogens with zero attached hydrogens (tertiary/aromatic N) is 3. The van der Waals surface area contributed by atoms with Crippen LogP contribution in [0.4, 0.5) is 4.79 Å². The van der Waals surface area contributed by atoms with Crippen LogP contribution in [0, 0.1) is 0 Å². The van der Waals surface area contributed by atoms with Crippen molar-refractivity contribution in [2.45, 2.75) is 58.2 Å². The monoisotopic (exact) mass is 322 g/mol. The Balaban J connectivity index is 1.98. The fourth-order valence-electron chi connectivity index (χ4n) is 2.59. The summed E-state index contributed by atoms with van der Waals surface area (Å²) in [6, 6.07) is -0.473. The molecule has 0 saturated carbocycles. The first-order valence-electron chi connectivity index (χ1n) is 8.01. The summed E-state index contributed by atoms with van der Waals surface area (Å²) < 4.78 is 7.27. The molecule has 2 heterocycles. The number of hydrogen-bond donors (Lipinski definition) is 1. The van der Waals surface area contributed by atoms with Gasteiger partial charge >= 0.3 is 6.09 Å². The molecule has 0 aromatic carbocycles. The van der Waals surface area contributed by atoms with Crippen LogP contribution in [0.2, 0.25) is 0 Å². The standard InChI is InChI=1S/C16H26N4O3/c1-16(2,3)23-15(22)20-9-6-5-7-12(20)14(21)18-11-13-17-8-10-19(13)4/h8,10,12H,5-7,9,11H2,1-4H3,(H,18,21). The zero-order chi connectivity index (χ0) is 17.0. The van der Waals surface area contributed by atoms with Gasteiger partial charge in [0.05, 0.1) is 6.54 Å². The maximum Gasteiger partial charge on any atom is 0.410 e. The Morgan fingerprint density at radius 2 is 2.13 bits per heavy atom. The third-order valence-corrected chi connectivity index (χ3v) is 3.78. The van der Waals surface area contributed by atoms with Crippen LogP contribution in [0.15, 0.2) is 12.4 Å². The Kier molecular flexibility index (Phi) is 5.28. The predicted molar refractivity (Wildman–Crippen MR) is 85.6 cm³/mol. The van der Waals surface area contributed by atoms with Crippen LogP contribution in [-0.2, 0) is 23.1 Å². The normalized spacial score (nSPS) is 18.6. The van der Waals surface area contributed by atoms with Gasteiger partial charge in [-0.1, -0.05) is 0 Å². The number of carbonyl (C=O) groups is 2. The molecule has 1 aliphatic rings. The number of likely N-dealkylation sites (tertiary alicyclic amines) is 1. The minimum atomic E-state index is -0.567. The molecule has 0 spiro atoms. The second-order valence-electron chi connectivity index (χ2n) is 6.86. The predicted octanol–water partition coefficient (Wildman–Crippen LogP) is 1.83. The third-order valence-electron chi connectivity index (χ3n) is 3.78. The largest absolute Gasteiger partial charge is 0.444 e. The second-order valence-corrected chi connectivity index (χ2v) is 6.86. The van der Waals surface area contributed by atoms with Crippen LogP contribution in [-0.4, -0.2) is 44.6 Å². The van der Waals surface area contributed by atoms with Crippen LogP contribution in [0.25, 0.3) is 0 Å². The quantitative estimate of drug-likeness (QED) is 0.921. The molecule has 1 fully saturated rings. The first-order valence-corrected chi connectivity index (χ1v) is 8.01. The Hall–Kier alpha value is -2.05. The number of nitrogens with one attached hydrogen (secondary N) is 1. The van der Waals surface area contributed by atoms with Crippen LogP contribution in [0.1, 0.15) is 45.9 Å². The van der Waals surface area contributed by atoms with Crippen LogP contribution in [0.5, 0.6) is 0 Å². The lowest BCUT2D eigenvalue weighted by atomic mass is 10.0. The molecular weight excluding hydrogens is 296 g/mol. The summed E-state index contributed by atoms with van der Waals surface area (Å²) in [5.41, 5.74) is -0.567. The average Bonchev–Trinajstić information content (AvgIpc) is 2.88. The number of carbonyl (C=O) groups excluding carboxylic acids is 2. The van der Waals surface area contributed by atoms with Crippen molar-refractivity contribution >= 4 is 12.0 Å². The minimum Gasteiger partial charge on any atom is -0.444 e. The van der Waals surface area contributed by atoms with E-state index < -0.39 is 17.7 Å². The molecule has 2 rings (SSSR count). The van der Waals surface area contributed by atoms with E-state index in [-0.39, 0.29) is 5.91 Å². The number of amides is 2. The van der Waals surface area contributed by atoms with Crippen molar-refractivity contribution in [1.82, 2.24) is 19.8 Å². The van der Waals surface area contributed by atoms with Crippen molar-refractivity contribution < 1.29 is 14.3 Å². The molecule has 1 N–H and O–H groups in total. The zero-order valence-corrected chi connectivity index (χ0v) is 14.3. The lowest BCUT2D eigenvalue weighted by molar-refractivity contribution is -0.127. The zero-order valence-electron chi connectivity index (χ0n) is 14.3. The van der Waals surface area contributed by atoms with Gasteiger partial charge in [-0.3, -0.25) is 9.69 Å².